The van der Waals surface area contributed by atoms with Crippen LogP contribution in [-0.2, 0) is 0 Å². The first kappa shape index (κ1) is 13.8. The molecule has 1 aromatic carbocycles. The minimum absolute atomic E-state index is 0.526. The van der Waals surface area contributed by atoms with E-state index >= 15 is 0 Å². The number of unbranched alkanes of at least 4 members (excludes halogenated alkanes) is 1. The van der Waals surface area contributed by atoms with Gasteiger partial charge < -0.3 is 0 Å². The second-order valence-electron chi connectivity index (χ2n) is 4.59. The maximum absolute atomic E-state index is 3.77. The summed E-state index contributed by atoms with van der Waals surface area (Å²) in [5.74, 6) is 0.679. The molecular formula is C15H23Br. The summed E-state index contributed by atoms with van der Waals surface area (Å²) < 4.78 is 0. The molecule has 0 radical (unpaired) electrons. The zero-order valence-electron chi connectivity index (χ0n) is 10.7. The lowest BCUT2D eigenvalue weighted by Gasteiger charge is -2.13. The summed E-state index contributed by atoms with van der Waals surface area (Å²) in [7, 11) is 0. The molecule has 0 spiro atoms. The van der Waals surface area contributed by atoms with Crippen LogP contribution in [-0.4, -0.2) is 0 Å². The van der Waals surface area contributed by atoms with E-state index in [0.29, 0.717) is 10.7 Å². The Kier molecular flexibility index (Phi) is 6.12. The molecule has 0 saturated carbocycles. The molecule has 2 unspecified atom stereocenters. The number of benzene rings is 1. The number of hydrogen-bond acceptors (Lipinski definition) is 0. The molecule has 0 aliphatic heterocycles. The second-order valence-corrected chi connectivity index (χ2v) is 5.69. The fraction of sp³-hybridized carbons (Fsp3) is 0.600. The molecule has 0 amide bonds. The van der Waals surface area contributed by atoms with Gasteiger partial charge in [-0.25, -0.2) is 0 Å². The van der Waals surface area contributed by atoms with Crippen molar-refractivity contribution in [3.63, 3.8) is 0 Å². The van der Waals surface area contributed by atoms with Crippen LogP contribution in [0.1, 0.15) is 68.3 Å². The molecule has 1 heteroatoms. The summed E-state index contributed by atoms with van der Waals surface area (Å²) in [5.41, 5.74) is 2.88. The molecule has 0 aliphatic rings. The molecule has 0 bridgehead atoms. The van der Waals surface area contributed by atoms with Crippen molar-refractivity contribution < 1.29 is 0 Å². The highest BCUT2D eigenvalue weighted by Gasteiger charge is 2.08. The van der Waals surface area contributed by atoms with E-state index in [4.69, 9.17) is 0 Å². The fourth-order valence-electron chi connectivity index (χ4n) is 1.82. The van der Waals surface area contributed by atoms with E-state index in [1.54, 1.807) is 0 Å². The van der Waals surface area contributed by atoms with Gasteiger partial charge in [0.1, 0.15) is 0 Å². The van der Waals surface area contributed by atoms with Crippen LogP contribution in [0.5, 0.6) is 0 Å². The Bertz CT molecular complexity index is 289. The van der Waals surface area contributed by atoms with Crippen molar-refractivity contribution in [2.75, 3.05) is 0 Å². The maximum atomic E-state index is 3.77. The predicted octanol–water partition coefficient (Wildman–Crippen LogP) is 5.83. The van der Waals surface area contributed by atoms with Crippen LogP contribution < -0.4 is 0 Å². The molecule has 1 aromatic rings. The fourth-order valence-corrected chi connectivity index (χ4v) is 2.45. The van der Waals surface area contributed by atoms with Gasteiger partial charge in [0.05, 0.1) is 0 Å². The van der Waals surface area contributed by atoms with Gasteiger partial charge in [-0.05, 0) is 29.9 Å². The maximum Gasteiger partial charge on any atom is 0.0395 e. The molecular weight excluding hydrogens is 260 g/mol. The van der Waals surface area contributed by atoms with E-state index in [-0.39, 0.29) is 0 Å². The van der Waals surface area contributed by atoms with Gasteiger partial charge in [0.25, 0.3) is 0 Å². The third-order valence-corrected chi connectivity index (χ3v) is 4.28. The molecule has 0 N–H and O–H groups in total. The van der Waals surface area contributed by atoms with Gasteiger partial charge in [0, 0.05) is 4.83 Å². The van der Waals surface area contributed by atoms with Crippen molar-refractivity contribution >= 4 is 15.9 Å². The summed E-state index contributed by atoms with van der Waals surface area (Å²) in [6.45, 7) is 6.77. The monoisotopic (exact) mass is 282 g/mol. The third-order valence-electron chi connectivity index (χ3n) is 3.29. The Hall–Kier alpha value is -0.300. The highest BCUT2D eigenvalue weighted by atomic mass is 79.9. The van der Waals surface area contributed by atoms with Gasteiger partial charge in [-0.3, -0.25) is 0 Å². The summed E-state index contributed by atoms with van der Waals surface area (Å²) in [5, 5.41) is 0. The van der Waals surface area contributed by atoms with Gasteiger partial charge >= 0.3 is 0 Å². The molecule has 1 rings (SSSR count). The minimum Gasteiger partial charge on any atom is -0.0839 e. The molecule has 90 valence electrons. The molecule has 0 aliphatic carbocycles. The van der Waals surface area contributed by atoms with Crippen molar-refractivity contribution in [1.29, 1.82) is 0 Å². The van der Waals surface area contributed by atoms with E-state index < -0.39 is 0 Å². The quantitative estimate of drug-likeness (QED) is 0.576. The topological polar surface area (TPSA) is 0 Å². The standard InChI is InChI=1S/C15H23Br/c1-4-6-7-15(16)14-10-8-13(9-11-14)12(3)5-2/h8-12,15H,4-7H2,1-3H3. The van der Waals surface area contributed by atoms with Crippen LogP contribution in [0, 0.1) is 0 Å². The van der Waals surface area contributed by atoms with E-state index in [2.05, 4.69) is 61.0 Å². The summed E-state index contributed by atoms with van der Waals surface area (Å²) >= 11 is 3.77. The lowest BCUT2D eigenvalue weighted by molar-refractivity contribution is 0.710. The summed E-state index contributed by atoms with van der Waals surface area (Å²) in [6.07, 6.45) is 5.02. The highest BCUT2D eigenvalue weighted by Crippen LogP contribution is 2.29. The predicted molar refractivity (Wildman–Crippen MR) is 76.3 cm³/mol. The second kappa shape index (κ2) is 7.11. The van der Waals surface area contributed by atoms with Crippen LogP contribution >= 0.6 is 15.9 Å². The third kappa shape index (κ3) is 3.93. The average Bonchev–Trinajstić information content (AvgIpc) is 2.35. The highest BCUT2D eigenvalue weighted by molar-refractivity contribution is 9.09. The largest absolute Gasteiger partial charge is 0.0839 e. The van der Waals surface area contributed by atoms with Crippen LogP contribution in [0.4, 0.5) is 0 Å². The van der Waals surface area contributed by atoms with Crippen molar-refractivity contribution in [2.45, 2.75) is 57.2 Å². The molecule has 0 heterocycles. The van der Waals surface area contributed by atoms with E-state index in [9.17, 15) is 0 Å². The average molecular weight is 283 g/mol. The van der Waals surface area contributed by atoms with Crippen molar-refractivity contribution in [3.8, 4) is 0 Å². The molecule has 2 atom stereocenters. The normalized spacial score (nSPS) is 14.8. The first-order valence-electron chi connectivity index (χ1n) is 6.42. The van der Waals surface area contributed by atoms with E-state index in [0.717, 1.165) is 0 Å². The van der Waals surface area contributed by atoms with Gasteiger partial charge in [-0.1, -0.05) is 73.8 Å². The number of rotatable bonds is 6. The first-order chi connectivity index (χ1) is 7.69. The van der Waals surface area contributed by atoms with E-state index in [1.165, 1.54) is 36.8 Å². The zero-order valence-corrected chi connectivity index (χ0v) is 12.3. The lowest BCUT2D eigenvalue weighted by Crippen LogP contribution is -1.94. The Morgan fingerprint density at radius 2 is 1.62 bits per heavy atom. The molecule has 16 heavy (non-hydrogen) atoms. The Morgan fingerprint density at radius 1 is 1.06 bits per heavy atom. The number of hydrogen-bond donors (Lipinski definition) is 0. The molecule has 0 fully saturated rings. The molecule has 0 nitrogen and oxygen atoms in total. The number of alkyl halides is 1. The van der Waals surface area contributed by atoms with Gasteiger partial charge in [-0.15, -0.1) is 0 Å². The van der Waals surface area contributed by atoms with Gasteiger partial charge in [0.15, 0.2) is 0 Å². The van der Waals surface area contributed by atoms with E-state index in [1.807, 2.05) is 0 Å². The minimum atomic E-state index is 0.526. The Labute approximate surface area is 109 Å². The molecule has 0 saturated heterocycles. The van der Waals surface area contributed by atoms with Gasteiger partial charge in [-0.2, -0.15) is 0 Å². The van der Waals surface area contributed by atoms with Crippen LogP contribution in [0.2, 0.25) is 0 Å². The summed E-state index contributed by atoms with van der Waals surface area (Å²) in [4.78, 5) is 0.526. The van der Waals surface area contributed by atoms with Gasteiger partial charge in [0.2, 0.25) is 0 Å². The number of halogens is 1. The van der Waals surface area contributed by atoms with Crippen molar-refractivity contribution in [2.24, 2.45) is 0 Å². The lowest BCUT2D eigenvalue weighted by atomic mass is 9.96. The Balaban J connectivity index is 2.63. The SMILES string of the molecule is CCCCC(Br)c1ccc(C(C)CC)cc1. The van der Waals surface area contributed by atoms with Crippen molar-refractivity contribution in [3.05, 3.63) is 35.4 Å². The first-order valence-corrected chi connectivity index (χ1v) is 7.34. The Morgan fingerprint density at radius 3 is 2.12 bits per heavy atom. The summed E-state index contributed by atoms with van der Waals surface area (Å²) in [6, 6.07) is 9.11. The zero-order chi connectivity index (χ0) is 12.0. The van der Waals surface area contributed by atoms with Crippen LogP contribution in [0.15, 0.2) is 24.3 Å². The smallest absolute Gasteiger partial charge is 0.0395 e. The molecule has 0 aromatic heterocycles. The van der Waals surface area contributed by atoms with Crippen molar-refractivity contribution in [1.82, 2.24) is 0 Å². The van der Waals surface area contributed by atoms with Crippen LogP contribution in [0.25, 0.3) is 0 Å². The van der Waals surface area contributed by atoms with Crippen LogP contribution in [0.3, 0.4) is 0 Å².